The van der Waals surface area contributed by atoms with Crippen LogP contribution in [0, 0.1) is 0 Å². The zero-order chi connectivity index (χ0) is 13.7. The molecular weight excluding hydrogens is 376 g/mol. The fourth-order valence-corrected chi connectivity index (χ4v) is 4.01. The van der Waals surface area contributed by atoms with Crippen LogP contribution in [0.4, 0.5) is 0 Å². The molecule has 0 fully saturated rings. The monoisotopic (exact) mass is 384 g/mol. The number of hydrogen-bond acceptors (Lipinski definition) is 0. The lowest BCUT2D eigenvalue weighted by Gasteiger charge is -2.06. The van der Waals surface area contributed by atoms with Gasteiger partial charge in [0.25, 0.3) is 0 Å². The van der Waals surface area contributed by atoms with Gasteiger partial charge in [0.1, 0.15) is 0 Å². The van der Waals surface area contributed by atoms with E-state index in [0.717, 1.165) is 8.96 Å². The van der Waals surface area contributed by atoms with Crippen molar-refractivity contribution in [2.75, 3.05) is 0 Å². The van der Waals surface area contributed by atoms with Crippen molar-refractivity contribution in [2.45, 2.75) is 0 Å². The molecular formula is C18H10Br2. The second kappa shape index (κ2) is 4.57. The third-order valence-electron chi connectivity index (χ3n) is 3.78. The minimum Gasteiger partial charge on any atom is -0.0616 e. The largest absolute Gasteiger partial charge is 0.0616 e. The number of hydrogen-bond donors (Lipinski definition) is 0. The molecule has 2 aliphatic rings. The van der Waals surface area contributed by atoms with Crippen molar-refractivity contribution in [3.05, 3.63) is 82.9 Å². The lowest BCUT2D eigenvalue weighted by atomic mass is 9.97. The molecule has 0 heterocycles. The minimum atomic E-state index is 1.16. The Morgan fingerprint density at radius 3 is 1.25 bits per heavy atom. The van der Waals surface area contributed by atoms with Gasteiger partial charge >= 0.3 is 0 Å². The van der Waals surface area contributed by atoms with E-state index in [4.69, 9.17) is 0 Å². The van der Waals surface area contributed by atoms with Gasteiger partial charge in [0.15, 0.2) is 0 Å². The third kappa shape index (κ3) is 1.72. The second-order valence-electron chi connectivity index (χ2n) is 4.90. The fourth-order valence-electron chi connectivity index (χ4n) is 2.86. The lowest BCUT2D eigenvalue weighted by molar-refractivity contribution is 1.59. The van der Waals surface area contributed by atoms with Crippen LogP contribution in [0.15, 0.2) is 60.7 Å². The molecule has 2 aliphatic carbocycles. The predicted molar refractivity (Wildman–Crippen MR) is 93.5 cm³/mol. The predicted octanol–water partition coefficient (Wildman–Crippen LogP) is 6.10. The van der Waals surface area contributed by atoms with Gasteiger partial charge < -0.3 is 0 Å². The van der Waals surface area contributed by atoms with Crippen LogP contribution in [0.1, 0.15) is 22.3 Å². The van der Waals surface area contributed by atoms with E-state index in [1.165, 1.54) is 33.4 Å². The number of halogens is 2. The maximum Gasteiger partial charge on any atom is 0.0260 e. The Morgan fingerprint density at radius 1 is 0.500 bits per heavy atom. The Labute approximate surface area is 134 Å². The summed E-state index contributed by atoms with van der Waals surface area (Å²) in [5, 5.41) is 0. The first kappa shape index (κ1) is 12.4. The molecule has 0 nitrogen and oxygen atoms in total. The van der Waals surface area contributed by atoms with Crippen LogP contribution in [0.3, 0.4) is 0 Å². The van der Waals surface area contributed by atoms with Crippen molar-refractivity contribution in [3.63, 3.8) is 0 Å². The lowest BCUT2D eigenvalue weighted by Crippen LogP contribution is -1.86. The number of benzene rings is 2. The standard InChI is InChI=1S/C18H10Br2/c19-17-9-15(11-5-1-3-7-13(11)17)16-10-18(20)14-8-4-2-6-12(14)16/h1-10H. The molecule has 0 amide bonds. The normalized spacial score (nSPS) is 19.5. The van der Waals surface area contributed by atoms with Crippen molar-refractivity contribution in [1.29, 1.82) is 0 Å². The minimum absolute atomic E-state index is 1.16. The smallest absolute Gasteiger partial charge is 0.0260 e. The Kier molecular flexibility index (Phi) is 2.83. The fraction of sp³-hybridized carbons (Fsp3) is 0. The van der Waals surface area contributed by atoms with Crippen LogP contribution in [0.25, 0.3) is 20.1 Å². The molecule has 0 saturated heterocycles. The highest BCUT2D eigenvalue weighted by Gasteiger charge is 2.24. The van der Waals surface area contributed by atoms with Gasteiger partial charge in [-0.25, -0.2) is 0 Å². The van der Waals surface area contributed by atoms with E-state index in [2.05, 4.69) is 92.5 Å². The van der Waals surface area contributed by atoms with Crippen molar-refractivity contribution >= 4 is 52.0 Å². The average Bonchev–Trinajstić information content (AvgIpc) is 2.99. The highest BCUT2D eigenvalue weighted by molar-refractivity contribution is 9.15. The molecule has 0 spiro atoms. The Hall–Kier alpha value is -1.38. The first-order valence-electron chi connectivity index (χ1n) is 6.44. The van der Waals surface area contributed by atoms with Gasteiger partial charge in [0, 0.05) is 8.96 Å². The maximum absolute atomic E-state index is 3.67. The number of allylic oxidation sites excluding steroid dienone is 4. The molecule has 0 aliphatic heterocycles. The Balaban J connectivity index is 2.04. The number of fused-ring (bicyclic) bond motifs is 2. The van der Waals surface area contributed by atoms with E-state index in [1.807, 2.05) is 0 Å². The summed E-state index contributed by atoms with van der Waals surface area (Å²) in [6.07, 6.45) is 4.44. The summed E-state index contributed by atoms with van der Waals surface area (Å²) in [6.45, 7) is 0. The van der Waals surface area contributed by atoms with E-state index >= 15 is 0 Å². The van der Waals surface area contributed by atoms with Crippen molar-refractivity contribution in [2.24, 2.45) is 0 Å². The molecule has 2 aromatic rings. The Bertz CT molecular complexity index is 753. The van der Waals surface area contributed by atoms with Crippen molar-refractivity contribution in [3.8, 4) is 0 Å². The molecule has 2 heteroatoms. The highest BCUT2D eigenvalue weighted by atomic mass is 79.9. The molecule has 0 N–H and O–H groups in total. The van der Waals surface area contributed by atoms with Gasteiger partial charge in [-0.3, -0.25) is 0 Å². The third-order valence-corrected chi connectivity index (χ3v) is 5.09. The summed E-state index contributed by atoms with van der Waals surface area (Å²) in [7, 11) is 0. The van der Waals surface area contributed by atoms with Gasteiger partial charge in [0.05, 0.1) is 0 Å². The van der Waals surface area contributed by atoms with Gasteiger partial charge in [-0.15, -0.1) is 0 Å². The van der Waals surface area contributed by atoms with Gasteiger partial charge in [-0.2, -0.15) is 0 Å². The van der Waals surface area contributed by atoms with Crippen LogP contribution in [-0.2, 0) is 0 Å². The summed E-state index contributed by atoms with van der Waals surface area (Å²) in [5.41, 5.74) is 7.70. The molecule has 0 saturated carbocycles. The van der Waals surface area contributed by atoms with E-state index < -0.39 is 0 Å². The summed E-state index contributed by atoms with van der Waals surface area (Å²) < 4.78 is 2.31. The van der Waals surface area contributed by atoms with Gasteiger partial charge in [0.2, 0.25) is 0 Å². The number of rotatable bonds is 0. The van der Waals surface area contributed by atoms with Crippen LogP contribution < -0.4 is 0 Å². The van der Waals surface area contributed by atoms with Crippen LogP contribution in [0.2, 0.25) is 0 Å². The van der Waals surface area contributed by atoms with E-state index in [1.54, 1.807) is 0 Å². The van der Waals surface area contributed by atoms with Crippen LogP contribution >= 0.6 is 31.9 Å². The Morgan fingerprint density at radius 2 is 0.850 bits per heavy atom. The molecule has 20 heavy (non-hydrogen) atoms. The SMILES string of the molecule is BrC1=CC(=C2C=C(Br)c3ccccc32)c2ccccc21. The summed E-state index contributed by atoms with van der Waals surface area (Å²) in [5.74, 6) is 0. The highest BCUT2D eigenvalue weighted by Crippen LogP contribution is 2.47. The summed E-state index contributed by atoms with van der Waals surface area (Å²) >= 11 is 7.35. The molecule has 0 aromatic heterocycles. The zero-order valence-corrected chi connectivity index (χ0v) is 13.7. The first-order chi connectivity index (χ1) is 9.75. The zero-order valence-electron chi connectivity index (χ0n) is 10.5. The second-order valence-corrected chi connectivity index (χ2v) is 6.61. The van der Waals surface area contributed by atoms with Gasteiger partial charge in [-0.05, 0) is 45.6 Å². The van der Waals surface area contributed by atoms with Crippen LogP contribution in [-0.4, -0.2) is 0 Å². The van der Waals surface area contributed by atoms with Crippen molar-refractivity contribution < 1.29 is 0 Å². The summed E-state index contributed by atoms with van der Waals surface area (Å²) in [6, 6.07) is 17.0. The molecule has 96 valence electrons. The topological polar surface area (TPSA) is 0 Å². The van der Waals surface area contributed by atoms with E-state index in [-0.39, 0.29) is 0 Å². The maximum atomic E-state index is 3.67. The molecule has 0 atom stereocenters. The van der Waals surface area contributed by atoms with Gasteiger partial charge in [-0.1, -0.05) is 80.4 Å². The molecule has 2 aromatic carbocycles. The first-order valence-corrected chi connectivity index (χ1v) is 8.02. The van der Waals surface area contributed by atoms with Crippen LogP contribution in [0.5, 0.6) is 0 Å². The molecule has 4 rings (SSSR count). The van der Waals surface area contributed by atoms with E-state index in [0.29, 0.717) is 0 Å². The summed E-state index contributed by atoms with van der Waals surface area (Å²) in [4.78, 5) is 0. The van der Waals surface area contributed by atoms with E-state index in [9.17, 15) is 0 Å². The van der Waals surface area contributed by atoms with Crippen molar-refractivity contribution in [1.82, 2.24) is 0 Å². The molecule has 0 unspecified atom stereocenters. The molecule has 0 bridgehead atoms. The quantitative estimate of drug-likeness (QED) is 0.514. The molecule has 0 radical (unpaired) electrons. The average molecular weight is 386 g/mol.